The molecule has 2 heterocycles. The summed E-state index contributed by atoms with van der Waals surface area (Å²) in [5, 5.41) is 4.78. The fourth-order valence-corrected chi connectivity index (χ4v) is 3.29. The van der Waals surface area contributed by atoms with E-state index in [0.29, 0.717) is 34.3 Å². The fraction of sp³-hybridized carbons (Fsp3) is 0.136. The lowest BCUT2D eigenvalue weighted by atomic mass is 10.2. The topological polar surface area (TPSA) is 65.7 Å². The van der Waals surface area contributed by atoms with Gasteiger partial charge in [-0.15, -0.1) is 0 Å². The summed E-state index contributed by atoms with van der Waals surface area (Å²) in [5.74, 6) is 0.0246. The summed E-state index contributed by atoms with van der Waals surface area (Å²) < 4.78 is 25.1. The first kappa shape index (κ1) is 19.8. The van der Waals surface area contributed by atoms with Crippen LogP contribution in [0.15, 0.2) is 59.2 Å². The van der Waals surface area contributed by atoms with E-state index in [2.05, 4.69) is 10.1 Å². The molecule has 0 saturated carbocycles. The van der Waals surface area contributed by atoms with Crippen LogP contribution in [-0.4, -0.2) is 28.8 Å². The molecule has 0 saturated heterocycles. The third-order valence-electron chi connectivity index (χ3n) is 4.59. The van der Waals surface area contributed by atoms with Gasteiger partial charge in [-0.05, 0) is 55.0 Å². The van der Waals surface area contributed by atoms with Crippen LogP contribution < -0.4 is 4.74 Å². The van der Waals surface area contributed by atoms with Crippen molar-refractivity contribution in [3.05, 3.63) is 87.6 Å². The largest absolute Gasteiger partial charge is 0.497 e. The molecule has 3 aromatic rings. The van der Waals surface area contributed by atoms with Crippen molar-refractivity contribution in [1.29, 1.82) is 0 Å². The monoisotopic (exact) mass is 425 g/mol. The number of rotatable bonds is 5. The van der Waals surface area contributed by atoms with E-state index in [4.69, 9.17) is 21.1 Å². The van der Waals surface area contributed by atoms with Crippen molar-refractivity contribution in [3.63, 3.8) is 0 Å². The zero-order valence-electron chi connectivity index (χ0n) is 16.2. The van der Waals surface area contributed by atoms with Crippen molar-refractivity contribution in [2.45, 2.75) is 13.5 Å². The lowest BCUT2D eigenvalue weighted by Gasteiger charge is -2.03. The van der Waals surface area contributed by atoms with Crippen LogP contribution in [0.2, 0.25) is 5.15 Å². The Hall–Kier alpha value is -3.45. The number of aromatic nitrogens is 2. The Morgan fingerprint density at radius 2 is 1.87 bits per heavy atom. The van der Waals surface area contributed by atoms with Crippen LogP contribution in [0.4, 0.5) is 4.39 Å². The number of halogens is 2. The number of carbonyl (C=O) groups excluding carboxylic acids is 1. The maximum atomic E-state index is 13.1. The third kappa shape index (κ3) is 3.97. The second-order valence-corrected chi connectivity index (χ2v) is 7.00. The normalized spacial score (nSPS) is 14.7. The van der Waals surface area contributed by atoms with Gasteiger partial charge in [-0.1, -0.05) is 23.7 Å². The van der Waals surface area contributed by atoms with Gasteiger partial charge in [0.1, 0.15) is 16.7 Å². The van der Waals surface area contributed by atoms with Crippen molar-refractivity contribution in [2.75, 3.05) is 7.11 Å². The van der Waals surface area contributed by atoms with Crippen LogP contribution in [0.25, 0.3) is 6.08 Å². The molecule has 1 aliphatic rings. The molecule has 0 bridgehead atoms. The Kier molecular flexibility index (Phi) is 5.37. The quantitative estimate of drug-likeness (QED) is 0.449. The Morgan fingerprint density at radius 1 is 1.17 bits per heavy atom. The minimum atomic E-state index is -0.567. The summed E-state index contributed by atoms with van der Waals surface area (Å²) in [6.07, 6.45) is 1.56. The maximum Gasteiger partial charge on any atom is 0.363 e. The summed E-state index contributed by atoms with van der Waals surface area (Å²) in [7, 11) is 1.57. The number of ether oxygens (including phenoxy) is 2. The van der Waals surface area contributed by atoms with Gasteiger partial charge in [0.25, 0.3) is 0 Å². The molecule has 152 valence electrons. The van der Waals surface area contributed by atoms with Gasteiger partial charge < -0.3 is 9.47 Å². The minimum Gasteiger partial charge on any atom is -0.497 e. The number of carbonyl (C=O) groups is 1. The van der Waals surface area contributed by atoms with Crippen molar-refractivity contribution >= 4 is 29.5 Å². The van der Waals surface area contributed by atoms with Crippen LogP contribution >= 0.6 is 11.6 Å². The molecule has 0 amide bonds. The Labute approximate surface area is 177 Å². The Bertz CT molecular complexity index is 1170. The summed E-state index contributed by atoms with van der Waals surface area (Å²) in [6.45, 7) is 2.15. The number of cyclic esters (lactones) is 1. The molecule has 0 aliphatic carbocycles. The number of benzene rings is 2. The standard InChI is InChI=1S/C22H17ClFN3O3/c1-13-18(20(23)27(26-13)12-14-3-7-16(24)8-4-14)11-19-22(28)30-21(25-19)15-5-9-17(29-2)10-6-15/h3-11H,12H2,1-2H3. The summed E-state index contributed by atoms with van der Waals surface area (Å²) >= 11 is 6.49. The summed E-state index contributed by atoms with van der Waals surface area (Å²) in [5.41, 5.74) is 2.84. The van der Waals surface area contributed by atoms with Crippen LogP contribution in [0, 0.1) is 12.7 Å². The van der Waals surface area contributed by atoms with Gasteiger partial charge in [-0.25, -0.2) is 18.9 Å². The van der Waals surface area contributed by atoms with Crippen molar-refractivity contribution in [3.8, 4) is 5.75 Å². The second-order valence-electron chi connectivity index (χ2n) is 6.64. The second kappa shape index (κ2) is 8.12. The number of hydrogen-bond acceptors (Lipinski definition) is 5. The number of methoxy groups -OCH3 is 1. The van der Waals surface area contributed by atoms with E-state index >= 15 is 0 Å². The lowest BCUT2D eigenvalue weighted by Crippen LogP contribution is -2.05. The molecule has 0 spiro atoms. The molecule has 4 rings (SSSR count). The molecule has 30 heavy (non-hydrogen) atoms. The Balaban J connectivity index is 1.62. The molecular formula is C22H17ClFN3O3. The molecule has 0 atom stereocenters. The number of aryl methyl sites for hydroxylation is 1. The van der Waals surface area contributed by atoms with E-state index in [0.717, 1.165) is 5.56 Å². The Morgan fingerprint density at radius 3 is 2.53 bits per heavy atom. The van der Waals surface area contributed by atoms with E-state index in [-0.39, 0.29) is 17.4 Å². The van der Waals surface area contributed by atoms with E-state index < -0.39 is 5.97 Å². The number of aliphatic imine (C=N–C) groups is 1. The first-order valence-corrected chi connectivity index (χ1v) is 9.46. The number of hydrogen-bond donors (Lipinski definition) is 0. The van der Waals surface area contributed by atoms with Crippen LogP contribution in [0.5, 0.6) is 5.75 Å². The molecular weight excluding hydrogens is 409 g/mol. The van der Waals surface area contributed by atoms with Crippen molar-refractivity contribution < 1.29 is 18.7 Å². The molecule has 0 fully saturated rings. The van der Waals surface area contributed by atoms with Gasteiger partial charge in [-0.3, -0.25) is 0 Å². The molecule has 1 aromatic heterocycles. The summed E-state index contributed by atoms with van der Waals surface area (Å²) in [4.78, 5) is 16.6. The van der Waals surface area contributed by atoms with Gasteiger partial charge in [0, 0.05) is 11.1 Å². The smallest absolute Gasteiger partial charge is 0.363 e. The van der Waals surface area contributed by atoms with Gasteiger partial charge in [-0.2, -0.15) is 5.10 Å². The average molecular weight is 426 g/mol. The molecule has 0 radical (unpaired) electrons. The maximum absolute atomic E-state index is 13.1. The average Bonchev–Trinajstić information content (AvgIpc) is 3.24. The number of nitrogens with zero attached hydrogens (tertiary/aromatic N) is 3. The van der Waals surface area contributed by atoms with E-state index in [1.807, 2.05) is 0 Å². The van der Waals surface area contributed by atoms with E-state index in [1.165, 1.54) is 12.1 Å². The van der Waals surface area contributed by atoms with Gasteiger partial charge in [0.2, 0.25) is 5.90 Å². The molecule has 2 aromatic carbocycles. The predicted octanol–water partition coefficient (Wildman–Crippen LogP) is 4.39. The molecule has 0 N–H and O–H groups in total. The van der Waals surface area contributed by atoms with Crippen LogP contribution in [0.1, 0.15) is 22.4 Å². The fourth-order valence-electron chi connectivity index (χ4n) is 3.00. The first-order chi connectivity index (χ1) is 14.4. The highest BCUT2D eigenvalue weighted by Gasteiger charge is 2.25. The number of esters is 1. The van der Waals surface area contributed by atoms with E-state index in [9.17, 15) is 9.18 Å². The zero-order valence-corrected chi connectivity index (χ0v) is 17.0. The molecule has 6 nitrogen and oxygen atoms in total. The molecule has 0 unspecified atom stereocenters. The first-order valence-electron chi connectivity index (χ1n) is 9.09. The third-order valence-corrected chi connectivity index (χ3v) is 4.99. The van der Waals surface area contributed by atoms with Gasteiger partial charge >= 0.3 is 5.97 Å². The predicted molar refractivity (Wildman–Crippen MR) is 111 cm³/mol. The lowest BCUT2D eigenvalue weighted by molar-refractivity contribution is -0.129. The summed E-state index contributed by atoms with van der Waals surface area (Å²) in [6, 6.07) is 13.1. The molecule has 8 heteroatoms. The highest BCUT2D eigenvalue weighted by molar-refractivity contribution is 6.31. The highest BCUT2D eigenvalue weighted by Crippen LogP contribution is 2.27. The SMILES string of the molecule is COc1ccc(C2=NC(=Cc3c(C)nn(Cc4ccc(F)cc4)c3Cl)C(=O)O2)cc1. The van der Waals surface area contributed by atoms with Crippen molar-refractivity contribution in [2.24, 2.45) is 4.99 Å². The minimum absolute atomic E-state index is 0.132. The zero-order chi connectivity index (χ0) is 21.3. The van der Waals surface area contributed by atoms with Crippen molar-refractivity contribution in [1.82, 2.24) is 9.78 Å². The highest BCUT2D eigenvalue weighted by atomic mass is 35.5. The van der Waals surface area contributed by atoms with E-state index in [1.54, 1.807) is 61.2 Å². The van der Waals surface area contributed by atoms with Crippen LogP contribution in [0.3, 0.4) is 0 Å². The molecule has 1 aliphatic heterocycles. The van der Waals surface area contributed by atoms with Gasteiger partial charge in [0.15, 0.2) is 5.70 Å². The van der Waals surface area contributed by atoms with Crippen LogP contribution in [-0.2, 0) is 16.1 Å². The van der Waals surface area contributed by atoms with Gasteiger partial charge in [0.05, 0.1) is 19.3 Å².